The van der Waals surface area contributed by atoms with Crippen molar-refractivity contribution in [1.29, 1.82) is 0 Å². The molecule has 4 nitrogen and oxygen atoms in total. The number of aliphatic carboxylic acids is 1. The van der Waals surface area contributed by atoms with Gasteiger partial charge in [-0.1, -0.05) is 33.6 Å². The Morgan fingerprint density at radius 3 is 1.83 bits per heavy atom. The van der Waals surface area contributed by atoms with Gasteiger partial charge in [-0.15, -0.1) is 0 Å². The van der Waals surface area contributed by atoms with Crippen molar-refractivity contribution >= 4 is 5.97 Å². The monoisotopic (exact) mass is 343 g/mol. The Morgan fingerprint density at radius 2 is 1.61 bits per heavy atom. The molecule has 1 aliphatic heterocycles. The van der Waals surface area contributed by atoms with Gasteiger partial charge in [0.1, 0.15) is 0 Å². The van der Waals surface area contributed by atoms with E-state index in [4.69, 9.17) is 14.6 Å². The number of carboxylic acid groups (broad SMARTS) is 1. The first-order valence-electron chi connectivity index (χ1n) is 8.32. The molecule has 23 heavy (non-hydrogen) atoms. The standard InChI is InChI=1S/C10H23N.C4H8O.C2HF3O2/c1-5-8-9-10(4)11(6-2)7-3;1-2-4-5-3-1;3-2(4,5)1(6)7/h10H,5-9H2,1-4H3;1-4H2;(H,6,7). The number of rotatable bonds is 6. The number of unbranched alkanes of at least 4 members (excludes halogenated alkanes) is 1. The zero-order valence-electron chi connectivity index (χ0n) is 14.8. The van der Waals surface area contributed by atoms with E-state index in [-0.39, 0.29) is 0 Å². The van der Waals surface area contributed by atoms with Crippen molar-refractivity contribution in [2.45, 2.75) is 72.0 Å². The van der Waals surface area contributed by atoms with Gasteiger partial charge in [0, 0.05) is 19.3 Å². The van der Waals surface area contributed by atoms with Crippen LogP contribution in [-0.2, 0) is 9.53 Å². The summed E-state index contributed by atoms with van der Waals surface area (Å²) >= 11 is 0. The number of halogens is 3. The number of carboxylic acids is 1. The highest BCUT2D eigenvalue weighted by Gasteiger charge is 2.38. The van der Waals surface area contributed by atoms with Gasteiger partial charge in [0.05, 0.1) is 0 Å². The fourth-order valence-corrected chi connectivity index (χ4v) is 2.04. The maximum atomic E-state index is 10.6. The smallest absolute Gasteiger partial charge is 0.475 e. The highest BCUT2D eigenvalue weighted by molar-refractivity contribution is 5.73. The number of hydrogen-bond acceptors (Lipinski definition) is 3. The van der Waals surface area contributed by atoms with E-state index in [2.05, 4.69) is 32.6 Å². The summed E-state index contributed by atoms with van der Waals surface area (Å²) in [5.41, 5.74) is 0. The van der Waals surface area contributed by atoms with Gasteiger partial charge in [-0.3, -0.25) is 0 Å². The third-order valence-electron chi connectivity index (χ3n) is 3.48. The fourth-order valence-electron chi connectivity index (χ4n) is 2.04. The lowest BCUT2D eigenvalue weighted by Gasteiger charge is -2.26. The van der Waals surface area contributed by atoms with E-state index in [0.29, 0.717) is 0 Å². The van der Waals surface area contributed by atoms with Crippen LogP contribution in [0.2, 0.25) is 0 Å². The largest absolute Gasteiger partial charge is 0.490 e. The molecule has 140 valence electrons. The minimum absolute atomic E-state index is 0.782. The minimum atomic E-state index is -5.08. The van der Waals surface area contributed by atoms with Crippen molar-refractivity contribution in [3.63, 3.8) is 0 Å². The van der Waals surface area contributed by atoms with Crippen LogP contribution in [0.3, 0.4) is 0 Å². The van der Waals surface area contributed by atoms with E-state index in [1.54, 1.807) is 0 Å². The zero-order valence-corrected chi connectivity index (χ0v) is 14.8. The molecule has 1 aliphatic rings. The van der Waals surface area contributed by atoms with Crippen LogP contribution in [0.4, 0.5) is 13.2 Å². The third-order valence-corrected chi connectivity index (χ3v) is 3.48. The van der Waals surface area contributed by atoms with Crippen molar-refractivity contribution in [3.05, 3.63) is 0 Å². The average Bonchev–Trinajstić information content (AvgIpc) is 3.05. The molecule has 1 atom stereocenters. The van der Waals surface area contributed by atoms with Crippen LogP contribution in [0.25, 0.3) is 0 Å². The molecule has 1 fully saturated rings. The van der Waals surface area contributed by atoms with Gasteiger partial charge in [-0.2, -0.15) is 13.2 Å². The van der Waals surface area contributed by atoms with E-state index in [1.165, 1.54) is 45.2 Å². The predicted molar refractivity (Wildman–Crippen MR) is 85.7 cm³/mol. The molecule has 0 bridgehead atoms. The summed E-state index contributed by atoms with van der Waals surface area (Å²) in [6.07, 6.45) is 1.53. The van der Waals surface area contributed by atoms with Gasteiger partial charge in [0.25, 0.3) is 0 Å². The molecule has 7 heteroatoms. The second kappa shape index (κ2) is 14.8. The topological polar surface area (TPSA) is 49.8 Å². The Hall–Kier alpha value is -0.820. The number of nitrogens with zero attached hydrogens (tertiary/aromatic N) is 1. The Bertz CT molecular complexity index is 271. The Morgan fingerprint density at radius 1 is 1.17 bits per heavy atom. The highest BCUT2D eigenvalue weighted by atomic mass is 19.4. The average molecular weight is 343 g/mol. The molecule has 0 radical (unpaired) electrons. The lowest BCUT2D eigenvalue weighted by Crippen LogP contribution is -2.32. The zero-order chi connectivity index (χ0) is 18.3. The van der Waals surface area contributed by atoms with E-state index < -0.39 is 12.1 Å². The molecule has 1 heterocycles. The van der Waals surface area contributed by atoms with E-state index >= 15 is 0 Å². The van der Waals surface area contributed by atoms with Gasteiger partial charge in [-0.25, -0.2) is 4.79 Å². The summed E-state index contributed by atoms with van der Waals surface area (Å²) in [4.78, 5) is 11.4. The molecule has 1 rings (SSSR count). The summed E-state index contributed by atoms with van der Waals surface area (Å²) in [5, 5.41) is 7.12. The lowest BCUT2D eigenvalue weighted by molar-refractivity contribution is -0.192. The lowest BCUT2D eigenvalue weighted by atomic mass is 10.1. The molecule has 0 aromatic rings. The molecule has 0 aliphatic carbocycles. The molecular weight excluding hydrogens is 311 g/mol. The molecule has 0 aromatic carbocycles. The maximum Gasteiger partial charge on any atom is 0.490 e. The molecule has 0 amide bonds. The van der Waals surface area contributed by atoms with Crippen molar-refractivity contribution in [2.24, 2.45) is 0 Å². The van der Waals surface area contributed by atoms with Crippen LogP contribution >= 0.6 is 0 Å². The molecule has 0 aromatic heterocycles. The maximum absolute atomic E-state index is 10.6. The van der Waals surface area contributed by atoms with Crippen molar-refractivity contribution < 1.29 is 27.8 Å². The first-order chi connectivity index (χ1) is 10.7. The van der Waals surface area contributed by atoms with Crippen LogP contribution in [0.15, 0.2) is 0 Å². The van der Waals surface area contributed by atoms with Crippen molar-refractivity contribution in [1.82, 2.24) is 4.90 Å². The van der Waals surface area contributed by atoms with Gasteiger partial charge in [-0.05, 0) is 39.3 Å². The third kappa shape index (κ3) is 15.8. The summed E-state index contributed by atoms with van der Waals surface area (Å²) < 4.78 is 36.7. The van der Waals surface area contributed by atoms with Crippen LogP contribution in [0, 0.1) is 0 Å². The Labute approximate surface area is 138 Å². The van der Waals surface area contributed by atoms with E-state index in [1.807, 2.05) is 0 Å². The quantitative estimate of drug-likeness (QED) is 0.779. The van der Waals surface area contributed by atoms with Crippen LogP contribution in [0.1, 0.15) is 59.8 Å². The molecule has 0 saturated carbocycles. The first kappa shape index (κ1) is 24.4. The minimum Gasteiger partial charge on any atom is -0.475 e. The SMILES string of the molecule is C1CCOC1.CCCCC(C)N(CC)CC.O=C(O)C(F)(F)F. The number of carbonyl (C=O) groups is 1. The summed E-state index contributed by atoms with van der Waals surface area (Å²) in [5.74, 6) is -2.76. The highest BCUT2D eigenvalue weighted by Crippen LogP contribution is 2.13. The predicted octanol–water partition coefficient (Wildman–Crippen LogP) is 4.34. The number of alkyl halides is 3. The Balaban J connectivity index is 0. The Kier molecular flexibility index (Phi) is 15.7. The van der Waals surface area contributed by atoms with Gasteiger partial charge >= 0.3 is 12.1 Å². The molecule has 1 N–H and O–H groups in total. The van der Waals surface area contributed by atoms with Crippen molar-refractivity contribution in [2.75, 3.05) is 26.3 Å². The molecule has 1 saturated heterocycles. The van der Waals surface area contributed by atoms with Gasteiger partial charge in [0.2, 0.25) is 0 Å². The normalized spacial score (nSPS) is 15.3. The van der Waals surface area contributed by atoms with Gasteiger partial charge < -0.3 is 14.7 Å². The second-order valence-electron chi connectivity index (χ2n) is 5.33. The molecular formula is C16H32F3NO3. The van der Waals surface area contributed by atoms with Crippen molar-refractivity contribution in [3.8, 4) is 0 Å². The van der Waals surface area contributed by atoms with E-state index in [9.17, 15) is 13.2 Å². The van der Waals surface area contributed by atoms with E-state index in [0.717, 1.165) is 19.3 Å². The second-order valence-corrected chi connectivity index (χ2v) is 5.33. The summed E-state index contributed by atoms with van der Waals surface area (Å²) in [7, 11) is 0. The molecule has 0 spiro atoms. The fraction of sp³-hybridized carbons (Fsp3) is 0.938. The number of hydrogen-bond donors (Lipinski definition) is 1. The first-order valence-corrected chi connectivity index (χ1v) is 8.32. The number of ether oxygens (including phenoxy) is 1. The van der Waals surface area contributed by atoms with Crippen LogP contribution in [-0.4, -0.2) is 54.5 Å². The van der Waals surface area contributed by atoms with Gasteiger partial charge in [0.15, 0.2) is 0 Å². The van der Waals surface area contributed by atoms with Crippen LogP contribution in [0.5, 0.6) is 0 Å². The summed E-state index contributed by atoms with van der Waals surface area (Å²) in [6.45, 7) is 13.5. The molecule has 1 unspecified atom stereocenters. The van der Waals surface area contributed by atoms with Crippen LogP contribution < -0.4 is 0 Å². The summed E-state index contributed by atoms with van der Waals surface area (Å²) in [6, 6.07) is 0.782.